The van der Waals surface area contributed by atoms with Crippen LogP contribution in [0.15, 0.2) is 36.5 Å². The van der Waals surface area contributed by atoms with Crippen molar-refractivity contribution in [2.75, 3.05) is 26.4 Å². The number of unbranched alkanes of at least 4 members (excludes halogenated alkanes) is 37. The van der Waals surface area contributed by atoms with Crippen LogP contribution in [0, 0.1) is 0 Å². The van der Waals surface area contributed by atoms with E-state index in [1.807, 2.05) is 0 Å². The molecule has 446 valence electrons. The first-order valence-corrected chi connectivity index (χ1v) is 33.4. The van der Waals surface area contributed by atoms with Gasteiger partial charge in [-0.25, -0.2) is 4.57 Å². The molecule has 0 spiro atoms. The maximum Gasteiger partial charge on any atom is 0.472 e. The van der Waals surface area contributed by atoms with E-state index in [2.05, 4.69) is 57.2 Å². The molecule has 0 aromatic carbocycles. The fourth-order valence-corrected chi connectivity index (χ4v) is 9.89. The summed E-state index contributed by atoms with van der Waals surface area (Å²) < 4.78 is 39.6. The summed E-state index contributed by atoms with van der Waals surface area (Å²) in [4.78, 5) is 48.7. The normalized spacial score (nSPS) is 13.5. The van der Waals surface area contributed by atoms with Crippen LogP contribution < -0.4 is 0 Å². The van der Waals surface area contributed by atoms with Gasteiger partial charge < -0.3 is 24.2 Å². The Morgan fingerprint density at radius 3 is 0.921 bits per heavy atom. The third-order valence-electron chi connectivity index (χ3n) is 14.0. The molecule has 0 aromatic rings. The van der Waals surface area contributed by atoms with Crippen LogP contribution in [0.25, 0.3) is 0 Å². The van der Waals surface area contributed by atoms with Crippen LogP contribution in [0.1, 0.15) is 316 Å². The monoisotopic (exact) mass is 1090 g/mol. The Kier molecular flexibility index (Phi) is 57.1. The summed E-state index contributed by atoms with van der Waals surface area (Å²) in [5.74, 6) is -1.46. The molecule has 0 aromatic heterocycles. The highest BCUT2D eigenvalue weighted by molar-refractivity contribution is 7.47. The number of allylic oxidation sites excluding steroid dienone is 6. The number of phosphoric acid groups is 1. The van der Waals surface area contributed by atoms with Gasteiger partial charge in [-0.05, 0) is 96.3 Å². The van der Waals surface area contributed by atoms with E-state index in [9.17, 15) is 28.9 Å². The smallest absolute Gasteiger partial charge is 0.462 e. The number of phosphoric ester groups is 1. The number of hydrogen-bond donors (Lipinski definition) is 2. The van der Waals surface area contributed by atoms with E-state index in [-0.39, 0.29) is 25.9 Å². The molecular weight excluding hydrogens is 976 g/mol. The summed E-state index contributed by atoms with van der Waals surface area (Å²) in [5, 5.41) is 9.83. The molecule has 0 amide bonds. The average Bonchev–Trinajstić information content (AvgIpc) is 3.41. The van der Waals surface area contributed by atoms with E-state index in [4.69, 9.17) is 23.3 Å². The minimum absolute atomic E-state index is 0.167. The lowest BCUT2D eigenvalue weighted by atomic mass is 10.1. The first-order chi connectivity index (χ1) is 37.2. The van der Waals surface area contributed by atoms with Gasteiger partial charge in [-0.1, -0.05) is 237 Å². The number of esters is 3. The molecule has 3 atom stereocenters. The van der Waals surface area contributed by atoms with Crippen molar-refractivity contribution in [2.45, 2.75) is 328 Å². The second-order valence-corrected chi connectivity index (χ2v) is 23.0. The quantitative estimate of drug-likeness (QED) is 0.0197. The first-order valence-electron chi connectivity index (χ1n) is 31.9. The van der Waals surface area contributed by atoms with Gasteiger partial charge in [-0.2, -0.15) is 0 Å². The Bertz CT molecular complexity index is 1420. The third kappa shape index (κ3) is 56.4. The summed E-state index contributed by atoms with van der Waals surface area (Å²) in [6.07, 6.45) is 62.4. The molecule has 0 bridgehead atoms. The van der Waals surface area contributed by atoms with Gasteiger partial charge in [0.25, 0.3) is 0 Å². The van der Waals surface area contributed by atoms with Crippen molar-refractivity contribution in [3.63, 3.8) is 0 Å². The number of carbonyl (C=O) groups is 3. The van der Waals surface area contributed by atoms with E-state index in [0.717, 1.165) is 83.5 Å². The number of carbonyl (C=O) groups excluding carboxylic acids is 3. The number of hydrogen-bond acceptors (Lipinski definition) is 10. The molecule has 0 aliphatic rings. The van der Waals surface area contributed by atoms with Crippen molar-refractivity contribution in [3.8, 4) is 0 Å². The Labute approximate surface area is 467 Å². The largest absolute Gasteiger partial charge is 0.472 e. The molecule has 0 aliphatic carbocycles. The molecule has 2 N–H and O–H groups in total. The molecule has 12 heteroatoms. The van der Waals surface area contributed by atoms with Crippen molar-refractivity contribution >= 4 is 25.7 Å². The molecule has 0 saturated heterocycles. The fraction of sp³-hybridized carbons (Fsp3) is 0.859. The summed E-state index contributed by atoms with van der Waals surface area (Å²) in [5.41, 5.74) is 0. The van der Waals surface area contributed by atoms with E-state index >= 15 is 0 Å². The fourth-order valence-electron chi connectivity index (χ4n) is 9.11. The van der Waals surface area contributed by atoms with Crippen LogP contribution in [0.3, 0.4) is 0 Å². The van der Waals surface area contributed by atoms with Crippen molar-refractivity contribution in [1.82, 2.24) is 0 Å². The van der Waals surface area contributed by atoms with Crippen LogP contribution in [0.2, 0.25) is 0 Å². The van der Waals surface area contributed by atoms with Crippen molar-refractivity contribution in [3.05, 3.63) is 36.5 Å². The Morgan fingerprint density at radius 1 is 0.355 bits per heavy atom. The molecule has 0 rings (SSSR count). The van der Waals surface area contributed by atoms with Gasteiger partial charge >= 0.3 is 25.7 Å². The maximum absolute atomic E-state index is 12.9. The Balaban J connectivity index is 4.69. The standard InChI is InChI=1S/C64H119O11P/c1-4-7-10-13-16-19-22-25-27-29-30-32-34-37-40-43-46-49-52-55-64(68)75-61(57-71-62(66)53-50-47-44-41-38-36-33-31-28-26-23-20-17-14-11-8-5-2)59-73-76(69,70)72-58-60(56-65)74-63(67)54-51-48-45-42-39-35-24-21-18-15-12-9-6-3/h21,24-28,60-61,65H,4-20,22-23,29-59H2,1-3H3,(H,69,70)/b24-21-,27-25-,28-26-. The second kappa shape index (κ2) is 58.8. The third-order valence-corrected chi connectivity index (χ3v) is 15.0. The predicted molar refractivity (Wildman–Crippen MR) is 316 cm³/mol. The summed E-state index contributed by atoms with van der Waals surface area (Å²) in [6.45, 7) is 4.66. The SMILES string of the molecule is CCCCCC/C=C\CCCCCCCC(=O)OC(CO)COP(=O)(O)OCC(COC(=O)CCCCCCCCC/C=C\CCCCCCCC)OC(=O)CCCCCCCCCCC/C=C\CCCCCCCC. The molecule has 3 unspecified atom stereocenters. The zero-order valence-electron chi connectivity index (χ0n) is 49.5. The molecule has 0 fully saturated rings. The van der Waals surface area contributed by atoms with Gasteiger partial charge in [-0.15, -0.1) is 0 Å². The van der Waals surface area contributed by atoms with Gasteiger partial charge in [0.15, 0.2) is 6.10 Å². The molecule has 76 heavy (non-hydrogen) atoms. The second-order valence-electron chi connectivity index (χ2n) is 21.6. The summed E-state index contributed by atoms with van der Waals surface area (Å²) in [6, 6.07) is 0. The minimum Gasteiger partial charge on any atom is -0.462 e. The molecule has 11 nitrogen and oxygen atoms in total. The van der Waals surface area contributed by atoms with Gasteiger partial charge in [0.2, 0.25) is 0 Å². The molecule has 0 saturated carbocycles. The number of rotatable bonds is 60. The highest BCUT2D eigenvalue weighted by atomic mass is 31.2. The van der Waals surface area contributed by atoms with E-state index in [1.54, 1.807) is 0 Å². The Morgan fingerprint density at radius 2 is 0.605 bits per heavy atom. The molecule has 0 heterocycles. The summed E-state index contributed by atoms with van der Waals surface area (Å²) in [7, 11) is -4.75. The Hall–Kier alpha value is -2.30. The molecule has 0 radical (unpaired) electrons. The zero-order chi connectivity index (χ0) is 55.5. The number of aliphatic hydroxyl groups excluding tert-OH is 1. The van der Waals surface area contributed by atoms with Gasteiger partial charge in [0.05, 0.1) is 19.8 Å². The van der Waals surface area contributed by atoms with Gasteiger partial charge in [-0.3, -0.25) is 23.4 Å². The average molecular weight is 1100 g/mol. The predicted octanol–water partition coefficient (Wildman–Crippen LogP) is 19.2. The van der Waals surface area contributed by atoms with Crippen molar-refractivity contribution in [2.24, 2.45) is 0 Å². The van der Waals surface area contributed by atoms with Crippen molar-refractivity contribution < 1.29 is 52.2 Å². The van der Waals surface area contributed by atoms with E-state index in [0.29, 0.717) is 19.3 Å². The van der Waals surface area contributed by atoms with Crippen LogP contribution in [0.4, 0.5) is 0 Å². The minimum atomic E-state index is -4.75. The molecular formula is C64H119O11P. The lowest BCUT2D eigenvalue weighted by Gasteiger charge is -2.21. The topological polar surface area (TPSA) is 155 Å². The number of aliphatic hydroxyl groups is 1. The van der Waals surface area contributed by atoms with Gasteiger partial charge in [0, 0.05) is 19.3 Å². The lowest BCUT2D eigenvalue weighted by molar-refractivity contribution is -0.161. The molecule has 0 aliphatic heterocycles. The van der Waals surface area contributed by atoms with Gasteiger partial charge in [0.1, 0.15) is 12.7 Å². The van der Waals surface area contributed by atoms with Crippen LogP contribution >= 0.6 is 7.82 Å². The summed E-state index contributed by atoms with van der Waals surface area (Å²) >= 11 is 0. The number of ether oxygens (including phenoxy) is 3. The highest BCUT2D eigenvalue weighted by Crippen LogP contribution is 2.43. The highest BCUT2D eigenvalue weighted by Gasteiger charge is 2.28. The van der Waals surface area contributed by atoms with Crippen LogP contribution in [0.5, 0.6) is 0 Å². The first kappa shape index (κ1) is 73.7. The van der Waals surface area contributed by atoms with E-state index in [1.165, 1.54) is 173 Å². The van der Waals surface area contributed by atoms with Crippen LogP contribution in [-0.4, -0.2) is 66.5 Å². The maximum atomic E-state index is 12.9. The lowest BCUT2D eigenvalue weighted by Crippen LogP contribution is -2.30. The van der Waals surface area contributed by atoms with Crippen molar-refractivity contribution in [1.29, 1.82) is 0 Å². The van der Waals surface area contributed by atoms with E-state index < -0.39 is 57.8 Å². The van der Waals surface area contributed by atoms with Crippen LogP contribution in [-0.2, 0) is 42.2 Å². The zero-order valence-corrected chi connectivity index (χ0v) is 50.4.